The van der Waals surface area contributed by atoms with Gasteiger partial charge in [-0.3, -0.25) is 9.48 Å². The number of rotatable bonds is 6. The molecule has 0 unspecified atom stereocenters. The standard InChI is InChI=1S/C17H22N2O/c1-4-15-11-16(19(3)18-15)12-17(20)9-8-14-7-5-6-13(2)10-14/h5-7,10-11H,4,8-9,12H2,1-3H3. The third kappa shape index (κ3) is 3.80. The molecule has 1 aromatic carbocycles. The highest BCUT2D eigenvalue weighted by Gasteiger charge is 2.09. The van der Waals surface area contributed by atoms with Gasteiger partial charge in [-0.25, -0.2) is 0 Å². The molecule has 1 aromatic heterocycles. The van der Waals surface area contributed by atoms with Crippen molar-refractivity contribution >= 4 is 5.78 Å². The zero-order valence-electron chi connectivity index (χ0n) is 12.5. The minimum Gasteiger partial charge on any atom is -0.299 e. The lowest BCUT2D eigenvalue weighted by Crippen LogP contribution is -2.08. The summed E-state index contributed by atoms with van der Waals surface area (Å²) in [7, 11) is 1.91. The lowest BCUT2D eigenvalue weighted by molar-refractivity contribution is -0.118. The Kier molecular flexibility index (Phi) is 4.72. The molecule has 0 N–H and O–H groups in total. The second kappa shape index (κ2) is 6.51. The van der Waals surface area contributed by atoms with Crippen molar-refractivity contribution in [3.8, 4) is 0 Å². The van der Waals surface area contributed by atoms with Crippen LogP contribution in [0.5, 0.6) is 0 Å². The van der Waals surface area contributed by atoms with E-state index in [1.54, 1.807) is 0 Å². The van der Waals surface area contributed by atoms with Crippen molar-refractivity contribution in [2.75, 3.05) is 0 Å². The number of carbonyl (C=O) groups is 1. The summed E-state index contributed by atoms with van der Waals surface area (Å²) in [4.78, 5) is 12.1. The molecule has 0 saturated carbocycles. The highest BCUT2D eigenvalue weighted by Crippen LogP contribution is 2.10. The van der Waals surface area contributed by atoms with Gasteiger partial charge in [0.2, 0.25) is 0 Å². The van der Waals surface area contributed by atoms with E-state index in [0.29, 0.717) is 12.8 Å². The van der Waals surface area contributed by atoms with E-state index in [1.165, 1.54) is 11.1 Å². The Bertz CT molecular complexity index is 599. The van der Waals surface area contributed by atoms with Crippen LogP contribution < -0.4 is 0 Å². The molecule has 0 spiro atoms. The first kappa shape index (κ1) is 14.5. The molecule has 0 amide bonds. The molecular weight excluding hydrogens is 248 g/mol. The second-order valence-corrected chi connectivity index (χ2v) is 5.31. The largest absolute Gasteiger partial charge is 0.299 e. The van der Waals surface area contributed by atoms with Gasteiger partial charge in [0.15, 0.2) is 0 Å². The molecule has 0 atom stereocenters. The molecule has 0 bridgehead atoms. The van der Waals surface area contributed by atoms with Gasteiger partial charge in [-0.2, -0.15) is 5.10 Å². The average molecular weight is 270 g/mol. The number of aryl methyl sites for hydroxylation is 4. The highest BCUT2D eigenvalue weighted by atomic mass is 16.1. The van der Waals surface area contributed by atoms with Crippen LogP contribution in [0.2, 0.25) is 0 Å². The Morgan fingerprint density at radius 2 is 2.10 bits per heavy atom. The van der Waals surface area contributed by atoms with Crippen LogP contribution in [0, 0.1) is 6.92 Å². The van der Waals surface area contributed by atoms with Crippen molar-refractivity contribution in [1.82, 2.24) is 9.78 Å². The molecule has 2 rings (SSSR count). The van der Waals surface area contributed by atoms with Crippen LogP contribution in [0.15, 0.2) is 30.3 Å². The van der Waals surface area contributed by atoms with Crippen molar-refractivity contribution in [3.63, 3.8) is 0 Å². The molecule has 2 aromatic rings. The van der Waals surface area contributed by atoms with Crippen molar-refractivity contribution in [1.29, 1.82) is 0 Å². The third-order valence-corrected chi connectivity index (χ3v) is 3.54. The number of benzene rings is 1. The first-order chi connectivity index (χ1) is 9.58. The molecule has 0 aliphatic carbocycles. The summed E-state index contributed by atoms with van der Waals surface area (Å²) < 4.78 is 1.82. The van der Waals surface area contributed by atoms with Gasteiger partial charge in [0.25, 0.3) is 0 Å². The predicted molar refractivity (Wildman–Crippen MR) is 80.8 cm³/mol. The second-order valence-electron chi connectivity index (χ2n) is 5.31. The molecule has 20 heavy (non-hydrogen) atoms. The fourth-order valence-corrected chi connectivity index (χ4v) is 2.35. The molecule has 1 heterocycles. The van der Waals surface area contributed by atoms with Gasteiger partial charge < -0.3 is 0 Å². The maximum absolute atomic E-state index is 12.1. The summed E-state index contributed by atoms with van der Waals surface area (Å²) in [6, 6.07) is 10.4. The lowest BCUT2D eigenvalue weighted by Gasteiger charge is -2.03. The van der Waals surface area contributed by atoms with Gasteiger partial charge in [-0.1, -0.05) is 36.8 Å². The van der Waals surface area contributed by atoms with Crippen LogP contribution in [0.1, 0.15) is 35.9 Å². The van der Waals surface area contributed by atoms with Crippen LogP contribution in [0.25, 0.3) is 0 Å². The van der Waals surface area contributed by atoms with Crippen molar-refractivity contribution in [3.05, 3.63) is 52.8 Å². The monoisotopic (exact) mass is 270 g/mol. The van der Waals surface area contributed by atoms with Gasteiger partial charge in [0.05, 0.1) is 5.69 Å². The van der Waals surface area contributed by atoms with E-state index in [9.17, 15) is 4.79 Å². The molecule has 0 aliphatic rings. The minimum absolute atomic E-state index is 0.275. The number of nitrogens with zero attached hydrogens (tertiary/aromatic N) is 2. The summed E-state index contributed by atoms with van der Waals surface area (Å²) in [5.74, 6) is 0.275. The van der Waals surface area contributed by atoms with Gasteiger partial charge in [0.1, 0.15) is 5.78 Å². The van der Waals surface area contributed by atoms with Crippen LogP contribution in [0.4, 0.5) is 0 Å². The van der Waals surface area contributed by atoms with E-state index in [0.717, 1.165) is 24.2 Å². The van der Waals surface area contributed by atoms with Crippen LogP contribution >= 0.6 is 0 Å². The van der Waals surface area contributed by atoms with Gasteiger partial charge >= 0.3 is 0 Å². The Balaban J connectivity index is 1.90. The van der Waals surface area contributed by atoms with Crippen LogP contribution in [0.3, 0.4) is 0 Å². The van der Waals surface area contributed by atoms with Crippen molar-refractivity contribution in [2.24, 2.45) is 7.05 Å². The smallest absolute Gasteiger partial charge is 0.139 e. The number of Topliss-reactive ketones (excluding diaryl/α,β-unsaturated/α-hetero) is 1. The highest BCUT2D eigenvalue weighted by molar-refractivity contribution is 5.80. The summed E-state index contributed by atoms with van der Waals surface area (Å²) >= 11 is 0. The number of aromatic nitrogens is 2. The molecule has 106 valence electrons. The summed E-state index contributed by atoms with van der Waals surface area (Å²) in [5.41, 5.74) is 4.54. The third-order valence-electron chi connectivity index (χ3n) is 3.54. The van der Waals surface area contributed by atoms with Crippen LogP contribution in [-0.4, -0.2) is 15.6 Å². The Morgan fingerprint density at radius 3 is 2.75 bits per heavy atom. The molecule has 0 aliphatic heterocycles. The zero-order chi connectivity index (χ0) is 14.5. The van der Waals surface area contributed by atoms with Crippen LogP contribution in [-0.2, 0) is 31.1 Å². The lowest BCUT2D eigenvalue weighted by atomic mass is 10.0. The number of ketones is 1. The average Bonchev–Trinajstić information content (AvgIpc) is 2.77. The fraction of sp³-hybridized carbons (Fsp3) is 0.412. The molecule has 0 saturated heterocycles. The molecule has 0 radical (unpaired) electrons. The predicted octanol–water partition coefficient (Wildman–Crippen LogP) is 3.04. The Hall–Kier alpha value is -1.90. The molecular formula is C17H22N2O. The Labute approximate surface area is 120 Å². The summed E-state index contributed by atoms with van der Waals surface area (Å²) in [5, 5.41) is 4.38. The minimum atomic E-state index is 0.275. The maximum atomic E-state index is 12.1. The topological polar surface area (TPSA) is 34.9 Å². The van der Waals surface area contributed by atoms with Crippen molar-refractivity contribution in [2.45, 2.75) is 39.5 Å². The summed E-state index contributed by atoms with van der Waals surface area (Å²) in [6.07, 6.45) is 2.80. The SMILES string of the molecule is CCc1cc(CC(=O)CCc2cccc(C)c2)n(C)n1. The van der Waals surface area contributed by atoms with Gasteiger partial charge in [-0.05, 0) is 31.4 Å². The molecule has 3 heteroatoms. The number of carbonyl (C=O) groups excluding carboxylic acids is 1. The molecule has 0 fully saturated rings. The van der Waals surface area contributed by atoms with Gasteiger partial charge in [0, 0.05) is 25.6 Å². The van der Waals surface area contributed by atoms with E-state index in [2.05, 4.69) is 37.1 Å². The van der Waals surface area contributed by atoms with Gasteiger partial charge in [-0.15, -0.1) is 0 Å². The summed E-state index contributed by atoms with van der Waals surface area (Å²) in [6.45, 7) is 4.15. The first-order valence-electron chi connectivity index (χ1n) is 7.17. The number of hydrogen-bond donors (Lipinski definition) is 0. The van der Waals surface area contributed by atoms with E-state index < -0.39 is 0 Å². The van der Waals surface area contributed by atoms with Crippen molar-refractivity contribution < 1.29 is 4.79 Å². The van der Waals surface area contributed by atoms with E-state index in [4.69, 9.17) is 0 Å². The molecule has 3 nitrogen and oxygen atoms in total. The first-order valence-corrected chi connectivity index (χ1v) is 7.17. The van der Waals surface area contributed by atoms with E-state index in [1.807, 2.05) is 23.9 Å². The normalized spacial score (nSPS) is 10.8. The zero-order valence-corrected chi connectivity index (χ0v) is 12.5. The van der Waals surface area contributed by atoms with E-state index >= 15 is 0 Å². The van der Waals surface area contributed by atoms with E-state index in [-0.39, 0.29) is 5.78 Å². The maximum Gasteiger partial charge on any atom is 0.139 e. The quantitative estimate of drug-likeness (QED) is 0.808. The number of hydrogen-bond acceptors (Lipinski definition) is 2. The fourth-order valence-electron chi connectivity index (χ4n) is 2.35. The Morgan fingerprint density at radius 1 is 1.30 bits per heavy atom.